The van der Waals surface area contributed by atoms with Gasteiger partial charge in [0.2, 0.25) is 11.8 Å². The fraction of sp³-hybridized carbons (Fsp3) is 0.438. The number of rotatable bonds is 8. The summed E-state index contributed by atoms with van der Waals surface area (Å²) in [5.41, 5.74) is 2.19. The Morgan fingerprint density at radius 3 is 2.64 bits per heavy atom. The van der Waals surface area contributed by atoms with E-state index in [4.69, 9.17) is 9.26 Å². The lowest BCUT2D eigenvalue weighted by molar-refractivity contribution is -0.121. The molecule has 2 aromatic rings. The van der Waals surface area contributed by atoms with Gasteiger partial charge in [-0.1, -0.05) is 29.4 Å². The zero-order valence-electron chi connectivity index (χ0n) is 13.0. The molecule has 22 heavy (non-hydrogen) atoms. The Morgan fingerprint density at radius 1 is 1.27 bits per heavy atom. The maximum atomic E-state index is 11.8. The standard InChI is InChI=1S/C16H21N3O3/c1-3-21-11-14-6-4-13(5-7-14)10-17-15(20)8-9-16-18-12(2)19-22-16/h4-7H,3,8-11H2,1-2H3,(H,17,20). The molecule has 6 heteroatoms. The van der Waals surface area contributed by atoms with Crippen LogP contribution in [0.3, 0.4) is 0 Å². The van der Waals surface area contributed by atoms with Gasteiger partial charge in [-0.2, -0.15) is 4.98 Å². The van der Waals surface area contributed by atoms with Gasteiger partial charge >= 0.3 is 0 Å². The summed E-state index contributed by atoms with van der Waals surface area (Å²) in [6.45, 7) is 5.56. The Labute approximate surface area is 129 Å². The lowest BCUT2D eigenvalue weighted by Gasteiger charge is -2.06. The van der Waals surface area contributed by atoms with Gasteiger partial charge in [0, 0.05) is 26.0 Å². The second-order valence-corrected chi connectivity index (χ2v) is 4.97. The summed E-state index contributed by atoms with van der Waals surface area (Å²) in [5.74, 6) is 1.05. The maximum Gasteiger partial charge on any atom is 0.227 e. The molecule has 1 N–H and O–H groups in total. The van der Waals surface area contributed by atoms with Crippen molar-refractivity contribution in [3.8, 4) is 0 Å². The number of aryl methyl sites for hydroxylation is 2. The molecule has 0 radical (unpaired) electrons. The fourth-order valence-corrected chi connectivity index (χ4v) is 1.92. The highest BCUT2D eigenvalue weighted by Crippen LogP contribution is 2.06. The van der Waals surface area contributed by atoms with Gasteiger partial charge in [0.05, 0.1) is 6.61 Å². The molecule has 1 heterocycles. The third-order valence-corrected chi connectivity index (χ3v) is 3.12. The van der Waals surface area contributed by atoms with E-state index in [2.05, 4.69) is 15.5 Å². The molecule has 2 rings (SSSR count). The first-order valence-electron chi connectivity index (χ1n) is 7.39. The second-order valence-electron chi connectivity index (χ2n) is 4.97. The summed E-state index contributed by atoms with van der Waals surface area (Å²) >= 11 is 0. The number of hydrogen-bond acceptors (Lipinski definition) is 5. The van der Waals surface area contributed by atoms with Gasteiger partial charge in [0.25, 0.3) is 0 Å². The van der Waals surface area contributed by atoms with E-state index in [-0.39, 0.29) is 5.91 Å². The molecule has 0 saturated carbocycles. The molecular formula is C16H21N3O3. The summed E-state index contributed by atoms with van der Waals surface area (Å²) in [4.78, 5) is 15.8. The lowest BCUT2D eigenvalue weighted by Crippen LogP contribution is -2.23. The SMILES string of the molecule is CCOCc1ccc(CNC(=O)CCc2nc(C)no2)cc1. The first-order chi connectivity index (χ1) is 10.7. The summed E-state index contributed by atoms with van der Waals surface area (Å²) in [6.07, 6.45) is 0.796. The van der Waals surface area contributed by atoms with Crippen LogP contribution in [0.4, 0.5) is 0 Å². The van der Waals surface area contributed by atoms with E-state index in [1.807, 2.05) is 31.2 Å². The maximum absolute atomic E-state index is 11.8. The molecule has 0 aliphatic rings. The highest BCUT2D eigenvalue weighted by molar-refractivity contribution is 5.76. The molecule has 0 spiro atoms. The molecule has 0 aliphatic carbocycles. The van der Waals surface area contributed by atoms with Crippen LogP contribution in [-0.2, 0) is 29.1 Å². The summed E-state index contributed by atoms with van der Waals surface area (Å²) in [7, 11) is 0. The van der Waals surface area contributed by atoms with E-state index in [9.17, 15) is 4.79 Å². The van der Waals surface area contributed by atoms with Gasteiger partial charge in [-0.25, -0.2) is 0 Å². The Bertz CT molecular complexity index is 593. The molecule has 0 aliphatic heterocycles. The number of hydrogen-bond donors (Lipinski definition) is 1. The van der Waals surface area contributed by atoms with Crippen LogP contribution in [0.1, 0.15) is 36.2 Å². The third-order valence-electron chi connectivity index (χ3n) is 3.12. The third kappa shape index (κ3) is 5.29. The number of nitrogens with one attached hydrogen (secondary N) is 1. The first kappa shape index (κ1) is 16.2. The Balaban J connectivity index is 1.71. The number of carbonyl (C=O) groups is 1. The summed E-state index contributed by atoms with van der Waals surface area (Å²) in [5, 5.41) is 6.57. The van der Waals surface area contributed by atoms with Crippen LogP contribution in [-0.4, -0.2) is 22.7 Å². The Hall–Kier alpha value is -2.21. The van der Waals surface area contributed by atoms with Gasteiger partial charge in [-0.3, -0.25) is 4.79 Å². The van der Waals surface area contributed by atoms with Gasteiger partial charge in [0.15, 0.2) is 5.82 Å². The number of ether oxygens (including phenoxy) is 1. The average Bonchev–Trinajstić information content (AvgIpc) is 2.95. The van der Waals surface area contributed by atoms with Crippen LogP contribution < -0.4 is 5.32 Å². The molecular weight excluding hydrogens is 282 g/mol. The van der Waals surface area contributed by atoms with Gasteiger partial charge in [-0.05, 0) is 25.0 Å². The number of amides is 1. The average molecular weight is 303 g/mol. The van der Waals surface area contributed by atoms with E-state index in [0.717, 1.165) is 11.1 Å². The number of benzene rings is 1. The topological polar surface area (TPSA) is 77.2 Å². The smallest absolute Gasteiger partial charge is 0.227 e. The minimum atomic E-state index is -0.0331. The number of aromatic nitrogens is 2. The predicted molar refractivity (Wildman–Crippen MR) is 81.0 cm³/mol. The molecule has 0 unspecified atom stereocenters. The van der Waals surface area contributed by atoms with Crippen molar-refractivity contribution < 1.29 is 14.1 Å². The molecule has 1 aromatic heterocycles. The molecule has 6 nitrogen and oxygen atoms in total. The highest BCUT2D eigenvalue weighted by Gasteiger charge is 2.07. The second kappa shape index (κ2) is 8.29. The number of carbonyl (C=O) groups excluding carboxylic acids is 1. The minimum absolute atomic E-state index is 0.0331. The molecule has 0 bridgehead atoms. The van der Waals surface area contributed by atoms with Crippen molar-refractivity contribution in [1.82, 2.24) is 15.5 Å². The van der Waals surface area contributed by atoms with Crippen molar-refractivity contribution in [2.24, 2.45) is 0 Å². The van der Waals surface area contributed by atoms with Crippen LogP contribution >= 0.6 is 0 Å². The van der Waals surface area contributed by atoms with Crippen molar-refractivity contribution in [3.05, 3.63) is 47.1 Å². The molecule has 1 amide bonds. The van der Waals surface area contributed by atoms with Crippen molar-refractivity contribution in [2.45, 2.75) is 39.8 Å². The van der Waals surface area contributed by atoms with Crippen LogP contribution in [0.25, 0.3) is 0 Å². The molecule has 0 fully saturated rings. The van der Waals surface area contributed by atoms with Gasteiger partial charge in [0.1, 0.15) is 0 Å². The predicted octanol–water partition coefficient (Wildman–Crippen LogP) is 2.16. The van der Waals surface area contributed by atoms with Crippen molar-refractivity contribution >= 4 is 5.91 Å². The van der Waals surface area contributed by atoms with Crippen molar-refractivity contribution in [1.29, 1.82) is 0 Å². The highest BCUT2D eigenvalue weighted by atomic mass is 16.5. The van der Waals surface area contributed by atoms with Gasteiger partial charge < -0.3 is 14.6 Å². The minimum Gasteiger partial charge on any atom is -0.377 e. The summed E-state index contributed by atoms with van der Waals surface area (Å²) in [6, 6.07) is 8.02. The molecule has 1 aromatic carbocycles. The Morgan fingerprint density at radius 2 is 2.00 bits per heavy atom. The normalized spacial score (nSPS) is 10.6. The van der Waals surface area contributed by atoms with E-state index >= 15 is 0 Å². The van der Waals surface area contributed by atoms with Gasteiger partial charge in [-0.15, -0.1) is 0 Å². The molecule has 0 atom stereocenters. The van der Waals surface area contributed by atoms with Crippen LogP contribution in [0.5, 0.6) is 0 Å². The summed E-state index contributed by atoms with van der Waals surface area (Å²) < 4.78 is 10.3. The fourth-order valence-electron chi connectivity index (χ4n) is 1.92. The van der Waals surface area contributed by atoms with Crippen LogP contribution in [0.15, 0.2) is 28.8 Å². The lowest BCUT2D eigenvalue weighted by atomic mass is 10.1. The Kier molecular flexibility index (Phi) is 6.09. The van der Waals surface area contributed by atoms with E-state index in [0.29, 0.717) is 44.3 Å². The first-order valence-corrected chi connectivity index (χ1v) is 7.39. The van der Waals surface area contributed by atoms with Crippen molar-refractivity contribution in [3.63, 3.8) is 0 Å². The quantitative estimate of drug-likeness (QED) is 0.808. The van der Waals surface area contributed by atoms with E-state index < -0.39 is 0 Å². The molecule has 118 valence electrons. The zero-order chi connectivity index (χ0) is 15.8. The van der Waals surface area contributed by atoms with E-state index in [1.54, 1.807) is 6.92 Å². The van der Waals surface area contributed by atoms with Crippen LogP contribution in [0, 0.1) is 6.92 Å². The molecule has 0 saturated heterocycles. The monoisotopic (exact) mass is 303 g/mol. The zero-order valence-corrected chi connectivity index (χ0v) is 13.0. The van der Waals surface area contributed by atoms with E-state index in [1.165, 1.54) is 0 Å². The largest absolute Gasteiger partial charge is 0.377 e. The number of nitrogens with zero attached hydrogens (tertiary/aromatic N) is 2. The van der Waals surface area contributed by atoms with Crippen molar-refractivity contribution in [2.75, 3.05) is 6.61 Å². The van der Waals surface area contributed by atoms with Crippen LogP contribution in [0.2, 0.25) is 0 Å².